The van der Waals surface area contributed by atoms with Gasteiger partial charge in [-0.25, -0.2) is 4.98 Å². The lowest BCUT2D eigenvalue weighted by atomic mass is 10.1. The molecule has 142 valence electrons. The van der Waals surface area contributed by atoms with Crippen LogP contribution < -0.4 is 5.32 Å². The third kappa shape index (κ3) is 4.69. The molecule has 0 aliphatic carbocycles. The molecule has 0 bridgehead atoms. The Morgan fingerprint density at radius 1 is 1.22 bits per heavy atom. The third-order valence-corrected chi connectivity index (χ3v) is 3.95. The van der Waals surface area contributed by atoms with Gasteiger partial charge in [0, 0.05) is 30.8 Å². The normalized spacial score (nSPS) is 10.4. The molecule has 0 unspecified atom stereocenters. The van der Waals surface area contributed by atoms with Gasteiger partial charge in [0.2, 0.25) is 5.95 Å². The molecule has 0 aliphatic heterocycles. The summed E-state index contributed by atoms with van der Waals surface area (Å²) in [7, 11) is 0. The molecule has 0 saturated heterocycles. The second-order valence-electron chi connectivity index (χ2n) is 5.74. The van der Waals surface area contributed by atoms with Crippen molar-refractivity contribution in [3.05, 3.63) is 64.2 Å². The van der Waals surface area contributed by atoms with E-state index < -0.39 is 4.92 Å². The Bertz CT molecular complexity index is 957. The molecular weight excluding hydrogens is 416 g/mol. The van der Waals surface area contributed by atoms with E-state index >= 15 is 0 Å². The Morgan fingerprint density at radius 2 is 2.00 bits per heavy atom. The Hall–Kier alpha value is -2.78. The number of aromatic nitrogens is 2. The Labute approximate surface area is 165 Å². The highest BCUT2D eigenvalue weighted by Crippen LogP contribution is 2.21. The van der Waals surface area contributed by atoms with Crippen LogP contribution in [0.2, 0.25) is 0 Å². The standard InChI is InChI=1S/C18H18N4O4.BrH/c23-10-4-9-19-18-20-15-7-1-2-8-16(15)21(18)12-17(24)13-5-3-6-14(11-13)22(25)26;/h1-3,5-8,11,23H,4,9-10,12H2,(H,19,20);1H. The third-order valence-electron chi connectivity index (χ3n) is 3.95. The minimum absolute atomic E-state index is 0. The van der Waals surface area contributed by atoms with E-state index in [4.69, 9.17) is 5.11 Å². The fraction of sp³-hybridized carbons (Fsp3) is 0.222. The summed E-state index contributed by atoms with van der Waals surface area (Å²) in [4.78, 5) is 27.6. The number of benzene rings is 2. The molecule has 0 aliphatic rings. The second-order valence-corrected chi connectivity index (χ2v) is 5.74. The lowest BCUT2D eigenvalue weighted by Crippen LogP contribution is -2.15. The van der Waals surface area contributed by atoms with Crippen LogP contribution in [0.5, 0.6) is 0 Å². The second kappa shape index (κ2) is 9.24. The number of nitro benzene ring substituents is 1. The summed E-state index contributed by atoms with van der Waals surface area (Å²) >= 11 is 0. The number of aliphatic hydroxyl groups is 1. The summed E-state index contributed by atoms with van der Waals surface area (Å²) in [5.41, 5.74) is 1.69. The van der Waals surface area contributed by atoms with Gasteiger partial charge in [0.1, 0.15) is 0 Å². The van der Waals surface area contributed by atoms with Crippen molar-refractivity contribution in [3.63, 3.8) is 0 Å². The molecule has 0 saturated carbocycles. The number of aliphatic hydroxyl groups excluding tert-OH is 1. The van der Waals surface area contributed by atoms with Gasteiger partial charge in [-0.15, -0.1) is 17.0 Å². The number of hydrogen-bond donors (Lipinski definition) is 2. The van der Waals surface area contributed by atoms with E-state index in [1.54, 1.807) is 10.6 Å². The van der Waals surface area contributed by atoms with E-state index in [0.717, 1.165) is 11.0 Å². The first-order valence-electron chi connectivity index (χ1n) is 8.18. The van der Waals surface area contributed by atoms with Crippen LogP contribution in [0.15, 0.2) is 48.5 Å². The van der Waals surface area contributed by atoms with Crippen molar-refractivity contribution in [2.75, 3.05) is 18.5 Å². The van der Waals surface area contributed by atoms with Crippen molar-refractivity contribution in [3.8, 4) is 0 Å². The van der Waals surface area contributed by atoms with Gasteiger partial charge in [0.15, 0.2) is 5.78 Å². The molecule has 0 fully saturated rings. The number of hydrogen-bond acceptors (Lipinski definition) is 6. The maximum absolute atomic E-state index is 12.7. The number of fused-ring (bicyclic) bond motifs is 1. The number of nitrogens with zero attached hydrogens (tertiary/aromatic N) is 3. The molecule has 8 nitrogen and oxygen atoms in total. The summed E-state index contributed by atoms with van der Waals surface area (Å²) in [6, 6.07) is 13.1. The molecule has 1 heterocycles. The minimum Gasteiger partial charge on any atom is -0.396 e. The molecule has 27 heavy (non-hydrogen) atoms. The number of ketones is 1. The molecule has 3 rings (SSSR count). The van der Waals surface area contributed by atoms with E-state index in [0.29, 0.717) is 18.9 Å². The molecule has 3 aromatic rings. The van der Waals surface area contributed by atoms with Crippen molar-refractivity contribution >= 4 is 45.4 Å². The molecule has 0 radical (unpaired) electrons. The first-order chi connectivity index (χ1) is 12.6. The number of nitro groups is 1. The smallest absolute Gasteiger partial charge is 0.270 e. The molecular formula is C18H19BrN4O4. The number of carbonyl (C=O) groups is 1. The van der Waals surface area contributed by atoms with E-state index in [-0.39, 0.29) is 47.2 Å². The Balaban J connectivity index is 0.00000261. The quantitative estimate of drug-likeness (QED) is 0.243. The van der Waals surface area contributed by atoms with E-state index in [1.165, 1.54) is 18.2 Å². The van der Waals surface area contributed by atoms with Gasteiger partial charge in [0.05, 0.1) is 22.5 Å². The van der Waals surface area contributed by atoms with E-state index in [1.807, 2.05) is 24.3 Å². The number of anilines is 1. The maximum atomic E-state index is 12.7. The number of rotatable bonds is 8. The predicted molar refractivity (Wildman–Crippen MR) is 108 cm³/mol. The number of imidazole rings is 1. The molecule has 1 aromatic heterocycles. The highest BCUT2D eigenvalue weighted by molar-refractivity contribution is 8.93. The zero-order valence-electron chi connectivity index (χ0n) is 14.4. The van der Waals surface area contributed by atoms with Crippen LogP contribution in [0.1, 0.15) is 16.8 Å². The topological polar surface area (TPSA) is 110 Å². The first-order valence-corrected chi connectivity index (χ1v) is 8.18. The summed E-state index contributed by atoms with van der Waals surface area (Å²) in [5.74, 6) is 0.278. The van der Waals surface area contributed by atoms with Crippen LogP contribution in [-0.2, 0) is 6.54 Å². The molecule has 2 N–H and O–H groups in total. The number of nitrogens with one attached hydrogen (secondary N) is 1. The lowest BCUT2D eigenvalue weighted by Gasteiger charge is -2.10. The number of carbonyl (C=O) groups excluding carboxylic acids is 1. The summed E-state index contributed by atoms with van der Waals surface area (Å²) in [5, 5.41) is 23.0. The van der Waals surface area contributed by atoms with Gasteiger partial charge < -0.3 is 15.0 Å². The fourth-order valence-electron chi connectivity index (χ4n) is 2.68. The van der Waals surface area contributed by atoms with Crippen molar-refractivity contribution in [1.82, 2.24) is 9.55 Å². The van der Waals surface area contributed by atoms with Gasteiger partial charge in [-0.1, -0.05) is 24.3 Å². The van der Waals surface area contributed by atoms with Crippen molar-refractivity contribution in [2.24, 2.45) is 0 Å². The number of halogens is 1. The first kappa shape index (κ1) is 20.5. The van der Waals surface area contributed by atoms with Gasteiger partial charge in [-0.2, -0.15) is 0 Å². The largest absolute Gasteiger partial charge is 0.396 e. The van der Waals surface area contributed by atoms with Crippen LogP contribution in [-0.4, -0.2) is 38.5 Å². The van der Waals surface area contributed by atoms with Crippen LogP contribution in [0.4, 0.5) is 11.6 Å². The predicted octanol–water partition coefficient (Wildman–Crippen LogP) is 3.20. The van der Waals surface area contributed by atoms with Gasteiger partial charge in [-0.3, -0.25) is 14.9 Å². The van der Waals surface area contributed by atoms with Gasteiger partial charge >= 0.3 is 0 Å². The van der Waals surface area contributed by atoms with E-state index in [2.05, 4.69) is 10.3 Å². The zero-order chi connectivity index (χ0) is 18.5. The highest BCUT2D eigenvalue weighted by atomic mass is 79.9. The van der Waals surface area contributed by atoms with Crippen LogP contribution in [0.3, 0.4) is 0 Å². The fourth-order valence-corrected chi connectivity index (χ4v) is 2.68. The average molecular weight is 435 g/mol. The summed E-state index contributed by atoms with van der Waals surface area (Å²) < 4.78 is 1.74. The van der Waals surface area contributed by atoms with Crippen LogP contribution in [0.25, 0.3) is 11.0 Å². The van der Waals surface area contributed by atoms with Gasteiger partial charge in [0.25, 0.3) is 5.69 Å². The molecule has 9 heteroatoms. The van der Waals surface area contributed by atoms with Gasteiger partial charge in [-0.05, 0) is 18.6 Å². The lowest BCUT2D eigenvalue weighted by molar-refractivity contribution is -0.384. The summed E-state index contributed by atoms with van der Waals surface area (Å²) in [6.07, 6.45) is 0.558. The van der Waals surface area contributed by atoms with Crippen LogP contribution >= 0.6 is 17.0 Å². The molecule has 0 spiro atoms. The van der Waals surface area contributed by atoms with E-state index in [9.17, 15) is 14.9 Å². The SMILES string of the molecule is Br.O=C(Cn1c(NCCCO)nc2ccccc21)c1cccc([N+](=O)[O-])c1. The summed E-state index contributed by atoms with van der Waals surface area (Å²) in [6.45, 7) is 0.577. The monoisotopic (exact) mass is 434 g/mol. The molecule has 0 atom stereocenters. The highest BCUT2D eigenvalue weighted by Gasteiger charge is 2.16. The van der Waals surface area contributed by atoms with Crippen molar-refractivity contribution in [1.29, 1.82) is 0 Å². The van der Waals surface area contributed by atoms with Crippen molar-refractivity contribution < 1.29 is 14.8 Å². The maximum Gasteiger partial charge on any atom is 0.270 e. The Kier molecular flexibility index (Phi) is 7.03. The molecule has 0 amide bonds. The van der Waals surface area contributed by atoms with Crippen molar-refractivity contribution in [2.45, 2.75) is 13.0 Å². The zero-order valence-corrected chi connectivity index (χ0v) is 16.1. The Morgan fingerprint density at radius 3 is 2.74 bits per heavy atom. The number of non-ortho nitro benzene ring substituents is 1. The minimum atomic E-state index is -0.523. The van der Waals surface area contributed by atoms with Crippen LogP contribution in [0, 0.1) is 10.1 Å². The molecule has 2 aromatic carbocycles. The average Bonchev–Trinajstić information content (AvgIpc) is 2.99. The number of Topliss-reactive ketones (excluding diaryl/α,β-unsaturated/α-hetero) is 1. The number of para-hydroxylation sites is 2.